The topological polar surface area (TPSA) is 81.9 Å². The molecule has 0 bridgehead atoms. The number of aromatic nitrogens is 2. The second kappa shape index (κ2) is 7.91. The van der Waals surface area contributed by atoms with Crippen molar-refractivity contribution >= 4 is 11.7 Å². The Labute approximate surface area is 142 Å². The van der Waals surface area contributed by atoms with Crippen molar-refractivity contribution in [1.29, 1.82) is 5.26 Å². The van der Waals surface area contributed by atoms with Gasteiger partial charge < -0.3 is 10.2 Å². The lowest BCUT2D eigenvalue weighted by Gasteiger charge is -2.33. The van der Waals surface area contributed by atoms with Crippen LogP contribution in [0, 0.1) is 23.2 Å². The van der Waals surface area contributed by atoms with Gasteiger partial charge in [0.1, 0.15) is 6.07 Å². The van der Waals surface area contributed by atoms with E-state index in [1.54, 1.807) is 12.4 Å². The van der Waals surface area contributed by atoms with Crippen molar-refractivity contribution in [2.45, 2.75) is 32.1 Å². The predicted molar refractivity (Wildman–Crippen MR) is 91.2 cm³/mol. The molecular weight excluding hydrogens is 302 g/mol. The van der Waals surface area contributed by atoms with Crippen molar-refractivity contribution in [3.05, 3.63) is 30.2 Å². The van der Waals surface area contributed by atoms with E-state index in [1.807, 2.05) is 0 Å². The summed E-state index contributed by atoms with van der Waals surface area (Å²) >= 11 is 0. The van der Waals surface area contributed by atoms with E-state index in [0.29, 0.717) is 17.4 Å². The fraction of sp³-hybridized carbons (Fsp3) is 0.556. The molecule has 1 aromatic rings. The van der Waals surface area contributed by atoms with E-state index in [2.05, 4.69) is 38.4 Å². The number of allylic oxidation sites excluding steroid dienone is 2. The zero-order valence-corrected chi connectivity index (χ0v) is 13.8. The third kappa shape index (κ3) is 3.91. The summed E-state index contributed by atoms with van der Waals surface area (Å²) in [6.07, 6.45) is 12.3. The molecule has 6 heteroatoms. The largest absolute Gasteiger partial charge is 0.356 e. The summed E-state index contributed by atoms with van der Waals surface area (Å²) in [5, 5.41) is 12.3. The molecule has 24 heavy (non-hydrogen) atoms. The first-order valence-corrected chi connectivity index (χ1v) is 8.66. The molecule has 0 spiro atoms. The molecule has 1 atom stereocenters. The highest BCUT2D eigenvalue weighted by molar-refractivity contribution is 5.78. The smallest absolute Gasteiger partial charge is 0.223 e. The lowest BCUT2D eigenvalue weighted by Crippen LogP contribution is -2.40. The number of piperidine rings is 1. The van der Waals surface area contributed by atoms with Gasteiger partial charge in [-0.3, -0.25) is 4.79 Å². The zero-order valence-electron chi connectivity index (χ0n) is 13.8. The average Bonchev–Trinajstić information content (AvgIpc) is 2.67. The molecule has 0 radical (unpaired) electrons. The Hall–Kier alpha value is -2.42. The maximum absolute atomic E-state index is 12.2. The summed E-state index contributed by atoms with van der Waals surface area (Å²) in [6.45, 7) is 2.44. The molecule has 1 N–H and O–H groups in total. The van der Waals surface area contributed by atoms with E-state index in [0.717, 1.165) is 51.7 Å². The lowest BCUT2D eigenvalue weighted by molar-refractivity contribution is -0.125. The highest BCUT2D eigenvalue weighted by Gasteiger charge is 2.24. The van der Waals surface area contributed by atoms with Crippen LogP contribution in [0.3, 0.4) is 0 Å². The van der Waals surface area contributed by atoms with Crippen LogP contribution < -0.4 is 10.2 Å². The molecule has 1 amide bonds. The van der Waals surface area contributed by atoms with Crippen LogP contribution in [-0.4, -0.2) is 35.5 Å². The molecule has 1 saturated heterocycles. The minimum atomic E-state index is 0.146. The Balaban J connectivity index is 1.46. The first-order valence-electron chi connectivity index (χ1n) is 8.66. The number of carbonyl (C=O) groups is 1. The molecule has 1 aromatic heterocycles. The van der Waals surface area contributed by atoms with Gasteiger partial charge in [-0.1, -0.05) is 12.2 Å². The van der Waals surface area contributed by atoms with Crippen LogP contribution in [0.25, 0.3) is 0 Å². The summed E-state index contributed by atoms with van der Waals surface area (Å²) < 4.78 is 0. The maximum Gasteiger partial charge on any atom is 0.223 e. The Bertz CT molecular complexity index is 643. The Morgan fingerprint density at radius 3 is 2.75 bits per heavy atom. The Morgan fingerprint density at radius 2 is 2.04 bits per heavy atom. The zero-order chi connectivity index (χ0) is 16.8. The number of hydrogen-bond acceptors (Lipinski definition) is 5. The molecular formula is C18H23N5O. The van der Waals surface area contributed by atoms with Crippen LogP contribution >= 0.6 is 0 Å². The van der Waals surface area contributed by atoms with Gasteiger partial charge in [0.05, 0.1) is 0 Å². The fourth-order valence-corrected chi connectivity index (χ4v) is 3.41. The van der Waals surface area contributed by atoms with Crippen molar-refractivity contribution in [2.24, 2.45) is 11.8 Å². The van der Waals surface area contributed by atoms with Crippen molar-refractivity contribution < 1.29 is 4.79 Å². The van der Waals surface area contributed by atoms with Gasteiger partial charge in [-0.15, -0.1) is 0 Å². The van der Waals surface area contributed by atoms with Crippen LogP contribution in [0.15, 0.2) is 24.5 Å². The molecule has 3 rings (SSSR count). The summed E-state index contributed by atoms with van der Waals surface area (Å²) in [6, 6.07) is 2.10. The van der Waals surface area contributed by atoms with Crippen LogP contribution in [0.2, 0.25) is 0 Å². The van der Waals surface area contributed by atoms with Gasteiger partial charge in [0.2, 0.25) is 5.91 Å². The third-order valence-electron chi connectivity index (χ3n) is 4.90. The molecule has 1 fully saturated rings. The summed E-state index contributed by atoms with van der Waals surface area (Å²) in [7, 11) is 0. The van der Waals surface area contributed by atoms with Gasteiger partial charge in [0, 0.05) is 37.9 Å². The minimum Gasteiger partial charge on any atom is -0.356 e. The monoisotopic (exact) mass is 325 g/mol. The van der Waals surface area contributed by atoms with Crippen molar-refractivity contribution in [3.63, 3.8) is 0 Å². The van der Waals surface area contributed by atoms with E-state index in [4.69, 9.17) is 5.26 Å². The maximum atomic E-state index is 12.2. The van der Waals surface area contributed by atoms with Gasteiger partial charge in [0.25, 0.3) is 0 Å². The predicted octanol–water partition coefficient (Wildman–Crippen LogP) is 2.04. The highest BCUT2D eigenvalue weighted by Crippen LogP contribution is 2.23. The second-order valence-electron chi connectivity index (χ2n) is 6.50. The second-order valence-corrected chi connectivity index (χ2v) is 6.50. The average molecular weight is 325 g/mol. The number of carbonyl (C=O) groups excluding carboxylic acids is 1. The molecule has 1 aliphatic carbocycles. The standard InChI is InChI=1S/C18H23N5O/c19-12-16-17(21-9-8-20-16)23-10-6-14(7-11-23)13-22-18(24)15-4-2-1-3-5-15/h1-2,8-9,14-15H,3-7,10-11,13H2,(H,22,24)/t15-/m1/s1. The van der Waals surface area contributed by atoms with Crippen LogP contribution in [0.5, 0.6) is 0 Å². The Kier molecular flexibility index (Phi) is 5.42. The SMILES string of the molecule is N#Cc1nccnc1N1CCC(CNC(=O)[C@@H]2CC=CCC2)CC1. The van der Waals surface area contributed by atoms with Gasteiger partial charge in [0.15, 0.2) is 11.5 Å². The number of anilines is 1. The number of nitrogens with zero attached hydrogens (tertiary/aromatic N) is 4. The molecule has 2 heterocycles. The molecule has 126 valence electrons. The Morgan fingerprint density at radius 1 is 1.25 bits per heavy atom. The third-order valence-corrected chi connectivity index (χ3v) is 4.90. The molecule has 1 aliphatic heterocycles. The molecule has 0 unspecified atom stereocenters. The lowest BCUT2D eigenvalue weighted by atomic mass is 9.92. The highest BCUT2D eigenvalue weighted by atomic mass is 16.1. The summed E-state index contributed by atoms with van der Waals surface area (Å²) in [5.74, 6) is 1.51. The number of rotatable bonds is 4. The van der Waals surface area contributed by atoms with Gasteiger partial charge in [-0.05, 0) is 38.0 Å². The van der Waals surface area contributed by atoms with E-state index in [9.17, 15) is 4.79 Å². The summed E-state index contributed by atoms with van der Waals surface area (Å²) in [5.41, 5.74) is 0.384. The number of nitriles is 1. The van der Waals surface area contributed by atoms with E-state index in [1.165, 1.54) is 0 Å². The number of nitrogens with one attached hydrogen (secondary N) is 1. The first-order chi connectivity index (χ1) is 11.8. The van der Waals surface area contributed by atoms with E-state index < -0.39 is 0 Å². The van der Waals surface area contributed by atoms with E-state index >= 15 is 0 Å². The first kappa shape index (κ1) is 16.4. The van der Waals surface area contributed by atoms with Gasteiger partial charge in [-0.25, -0.2) is 9.97 Å². The number of hydrogen-bond donors (Lipinski definition) is 1. The van der Waals surface area contributed by atoms with Crippen LogP contribution in [-0.2, 0) is 4.79 Å². The quantitative estimate of drug-likeness (QED) is 0.857. The minimum absolute atomic E-state index is 0.146. The van der Waals surface area contributed by atoms with E-state index in [-0.39, 0.29) is 11.8 Å². The molecule has 0 aromatic carbocycles. The van der Waals surface area contributed by atoms with Gasteiger partial charge >= 0.3 is 0 Å². The number of amides is 1. The van der Waals surface area contributed by atoms with Crippen LogP contribution in [0.1, 0.15) is 37.8 Å². The molecule has 0 saturated carbocycles. The summed E-state index contributed by atoms with van der Waals surface area (Å²) in [4.78, 5) is 22.7. The van der Waals surface area contributed by atoms with Gasteiger partial charge in [-0.2, -0.15) is 5.26 Å². The fourth-order valence-electron chi connectivity index (χ4n) is 3.41. The van der Waals surface area contributed by atoms with Crippen molar-refractivity contribution in [1.82, 2.24) is 15.3 Å². The van der Waals surface area contributed by atoms with Crippen LogP contribution in [0.4, 0.5) is 5.82 Å². The molecule has 6 nitrogen and oxygen atoms in total. The van der Waals surface area contributed by atoms with Crippen molar-refractivity contribution in [3.8, 4) is 6.07 Å². The molecule has 2 aliphatic rings. The normalized spacial score (nSPS) is 21.3. The van der Waals surface area contributed by atoms with Crippen molar-refractivity contribution in [2.75, 3.05) is 24.5 Å².